The first-order valence-corrected chi connectivity index (χ1v) is 6.31. The number of rotatable bonds is 3. The first-order valence-electron chi connectivity index (χ1n) is 4.73. The molecule has 1 aromatic carbocycles. The van der Waals surface area contributed by atoms with Gasteiger partial charge in [-0.25, -0.2) is 4.98 Å². The Morgan fingerprint density at radius 3 is 2.81 bits per heavy atom. The third kappa shape index (κ3) is 1.93. The van der Waals surface area contributed by atoms with E-state index in [1.807, 2.05) is 6.92 Å². The normalized spacial score (nSPS) is 10.8. The van der Waals surface area contributed by atoms with Crippen molar-refractivity contribution < 1.29 is 4.74 Å². The van der Waals surface area contributed by atoms with Crippen LogP contribution in [0.1, 0.15) is 6.92 Å². The van der Waals surface area contributed by atoms with Gasteiger partial charge in [0.1, 0.15) is 5.52 Å². The molecule has 0 atom stereocenters. The van der Waals surface area contributed by atoms with E-state index in [-0.39, 0.29) is 0 Å². The summed E-state index contributed by atoms with van der Waals surface area (Å²) in [6.07, 6.45) is 0. The standard InChI is InChI=1S/C10H10Cl2N2OS/c1-3-13-10-14-7-8(15-2)5(11)4-6(12)9(7)16-10/h4H,3H2,1-2H3,(H,13,14). The summed E-state index contributed by atoms with van der Waals surface area (Å²) < 4.78 is 6.12. The number of nitrogens with zero attached hydrogens (tertiary/aromatic N) is 1. The molecule has 0 aliphatic rings. The van der Waals surface area contributed by atoms with Crippen LogP contribution >= 0.6 is 34.5 Å². The number of thiazole rings is 1. The van der Waals surface area contributed by atoms with Crippen molar-refractivity contribution in [1.29, 1.82) is 0 Å². The van der Waals surface area contributed by atoms with E-state index in [0.717, 1.165) is 16.4 Å². The predicted octanol–water partition coefficient (Wildman–Crippen LogP) is 4.04. The minimum atomic E-state index is 0.480. The Bertz CT molecular complexity index is 527. The SMILES string of the molecule is CCNc1nc2c(OC)c(Cl)cc(Cl)c2s1. The number of anilines is 1. The number of hydrogen-bond donors (Lipinski definition) is 1. The molecule has 6 heteroatoms. The van der Waals surface area contributed by atoms with Gasteiger partial charge >= 0.3 is 0 Å². The number of benzene rings is 1. The van der Waals surface area contributed by atoms with Crippen LogP contribution in [0.5, 0.6) is 5.75 Å². The lowest BCUT2D eigenvalue weighted by Gasteiger charge is -2.03. The summed E-state index contributed by atoms with van der Waals surface area (Å²) in [5, 5.41) is 5.04. The number of ether oxygens (including phenoxy) is 1. The second kappa shape index (κ2) is 4.65. The molecule has 0 saturated heterocycles. The Balaban J connectivity index is 2.68. The molecule has 16 heavy (non-hydrogen) atoms. The number of nitrogens with one attached hydrogen (secondary N) is 1. The summed E-state index contributed by atoms with van der Waals surface area (Å²) in [7, 11) is 1.57. The molecule has 0 bridgehead atoms. The number of aromatic nitrogens is 1. The molecular weight excluding hydrogens is 267 g/mol. The molecule has 86 valence electrons. The van der Waals surface area contributed by atoms with E-state index < -0.39 is 0 Å². The van der Waals surface area contributed by atoms with Crippen LogP contribution in [0.4, 0.5) is 5.13 Å². The van der Waals surface area contributed by atoms with E-state index in [1.165, 1.54) is 11.3 Å². The third-order valence-electron chi connectivity index (χ3n) is 2.06. The Morgan fingerprint density at radius 1 is 1.44 bits per heavy atom. The van der Waals surface area contributed by atoms with Crippen LogP contribution in [-0.2, 0) is 0 Å². The second-order valence-corrected chi connectivity index (χ2v) is 4.91. The Hall–Kier alpha value is -0.710. The summed E-state index contributed by atoms with van der Waals surface area (Å²) in [6, 6.07) is 1.68. The number of fused-ring (bicyclic) bond motifs is 1. The predicted molar refractivity (Wildman–Crippen MR) is 70.4 cm³/mol. The molecule has 0 aliphatic carbocycles. The molecule has 0 amide bonds. The van der Waals surface area contributed by atoms with Crippen LogP contribution in [0, 0.1) is 0 Å². The van der Waals surface area contributed by atoms with Gasteiger partial charge in [0.05, 0.1) is 21.9 Å². The topological polar surface area (TPSA) is 34.2 Å². The van der Waals surface area contributed by atoms with Gasteiger partial charge in [-0.05, 0) is 13.0 Å². The molecule has 0 unspecified atom stereocenters. The maximum atomic E-state index is 6.11. The van der Waals surface area contributed by atoms with Gasteiger partial charge in [0.25, 0.3) is 0 Å². The van der Waals surface area contributed by atoms with Gasteiger partial charge in [-0.2, -0.15) is 0 Å². The van der Waals surface area contributed by atoms with Crippen LogP contribution in [0.3, 0.4) is 0 Å². The van der Waals surface area contributed by atoms with Gasteiger partial charge in [0, 0.05) is 6.54 Å². The average Bonchev–Trinajstić information content (AvgIpc) is 2.63. The Labute approximate surface area is 107 Å². The molecule has 0 saturated carbocycles. The zero-order valence-corrected chi connectivity index (χ0v) is 11.1. The minimum Gasteiger partial charge on any atom is -0.493 e. The van der Waals surface area contributed by atoms with Crippen LogP contribution in [-0.4, -0.2) is 18.6 Å². The van der Waals surface area contributed by atoms with Crippen molar-refractivity contribution in [3.8, 4) is 5.75 Å². The minimum absolute atomic E-state index is 0.480. The van der Waals surface area contributed by atoms with Gasteiger partial charge in [0.15, 0.2) is 10.9 Å². The first kappa shape index (κ1) is 11.8. The van der Waals surface area contributed by atoms with E-state index in [0.29, 0.717) is 21.3 Å². The highest BCUT2D eigenvalue weighted by Crippen LogP contribution is 2.41. The summed E-state index contributed by atoms with van der Waals surface area (Å²) in [4.78, 5) is 4.41. The average molecular weight is 277 g/mol. The number of hydrogen-bond acceptors (Lipinski definition) is 4. The van der Waals surface area contributed by atoms with Crippen molar-refractivity contribution in [2.24, 2.45) is 0 Å². The van der Waals surface area contributed by atoms with E-state index in [1.54, 1.807) is 13.2 Å². The summed E-state index contributed by atoms with van der Waals surface area (Å²) in [5.41, 5.74) is 0.709. The van der Waals surface area contributed by atoms with Gasteiger partial charge in [-0.3, -0.25) is 0 Å². The van der Waals surface area contributed by atoms with Gasteiger partial charge in [-0.1, -0.05) is 34.5 Å². The van der Waals surface area contributed by atoms with Crippen LogP contribution in [0.2, 0.25) is 10.0 Å². The quantitative estimate of drug-likeness (QED) is 0.919. The monoisotopic (exact) mass is 276 g/mol. The highest BCUT2D eigenvalue weighted by atomic mass is 35.5. The van der Waals surface area contributed by atoms with Crippen molar-refractivity contribution in [3.63, 3.8) is 0 Å². The molecule has 2 aromatic rings. The zero-order chi connectivity index (χ0) is 11.7. The van der Waals surface area contributed by atoms with E-state index in [9.17, 15) is 0 Å². The summed E-state index contributed by atoms with van der Waals surface area (Å²) in [6.45, 7) is 2.82. The molecule has 2 rings (SSSR count). The highest BCUT2D eigenvalue weighted by Gasteiger charge is 2.15. The Morgan fingerprint density at radius 2 is 2.19 bits per heavy atom. The molecule has 3 nitrogen and oxygen atoms in total. The zero-order valence-electron chi connectivity index (χ0n) is 8.80. The van der Waals surface area contributed by atoms with Crippen LogP contribution in [0.15, 0.2) is 6.07 Å². The number of methoxy groups -OCH3 is 1. The maximum absolute atomic E-state index is 6.11. The second-order valence-electron chi connectivity index (χ2n) is 3.10. The fourth-order valence-electron chi connectivity index (χ4n) is 1.41. The summed E-state index contributed by atoms with van der Waals surface area (Å²) >= 11 is 13.6. The van der Waals surface area contributed by atoms with E-state index in [4.69, 9.17) is 27.9 Å². The van der Waals surface area contributed by atoms with Crippen molar-refractivity contribution in [3.05, 3.63) is 16.1 Å². The number of halogens is 2. The molecule has 1 N–H and O–H groups in total. The summed E-state index contributed by atoms with van der Waals surface area (Å²) in [5.74, 6) is 0.571. The van der Waals surface area contributed by atoms with Gasteiger partial charge < -0.3 is 10.1 Å². The lowest BCUT2D eigenvalue weighted by molar-refractivity contribution is 0.419. The molecule has 0 spiro atoms. The highest BCUT2D eigenvalue weighted by molar-refractivity contribution is 7.22. The molecule has 1 aromatic heterocycles. The van der Waals surface area contributed by atoms with E-state index in [2.05, 4.69) is 10.3 Å². The van der Waals surface area contributed by atoms with Crippen molar-refractivity contribution >= 4 is 49.9 Å². The van der Waals surface area contributed by atoms with Crippen molar-refractivity contribution in [1.82, 2.24) is 4.98 Å². The van der Waals surface area contributed by atoms with Crippen LogP contribution in [0.25, 0.3) is 10.2 Å². The lowest BCUT2D eigenvalue weighted by Crippen LogP contribution is -1.94. The van der Waals surface area contributed by atoms with Gasteiger partial charge in [-0.15, -0.1) is 0 Å². The molecular formula is C10H10Cl2N2OS. The largest absolute Gasteiger partial charge is 0.493 e. The van der Waals surface area contributed by atoms with Gasteiger partial charge in [0.2, 0.25) is 0 Å². The maximum Gasteiger partial charge on any atom is 0.183 e. The fourth-order valence-corrected chi connectivity index (χ4v) is 3.00. The molecule has 0 radical (unpaired) electrons. The van der Waals surface area contributed by atoms with Crippen LogP contribution < -0.4 is 10.1 Å². The molecule has 1 heterocycles. The van der Waals surface area contributed by atoms with E-state index >= 15 is 0 Å². The molecule has 0 aliphatic heterocycles. The Kier molecular flexibility index (Phi) is 3.42. The lowest BCUT2D eigenvalue weighted by atomic mass is 10.3. The van der Waals surface area contributed by atoms with Crippen molar-refractivity contribution in [2.75, 3.05) is 19.0 Å². The molecule has 0 fully saturated rings. The smallest absolute Gasteiger partial charge is 0.183 e. The first-order chi connectivity index (χ1) is 7.67. The van der Waals surface area contributed by atoms with Crippen molar-refractivity contribution in [2.45, 2.75) is 6.92 Å². The third-order valence-corrected chi connectivity index (χ3v) is 3.80. The fraction of sp³-hybridized carbons (Fsp3) is 0.300.